The van der Waals surface area contributed by atoms with E-state index in [1.165, 1.54) is 21.5 Å². The van der Waals surface area contributed by atoms with Crippen LogP contribution in [0.2, 0.25) is 0 Å². The third-order valence-electron chi connectivity index (χ3n) is 5.21. The van der Waals surface area contributed by atoms with Crippen molar-refractivity contribution in [3.63, 3.8) is 0 Å². The lowest BCUT2D eigenvalue weighted by Crippen LogP contribution is -1.94. The van der Waals surface area contributed by atoms with E-state index >= 15 is 0 Å². The van der Waals surface area contributed by atoms with E-state index in [0.717, 1.165) is 33.0 Å². The number of fused-ring (bicyclic) bond motifs is 6. The van der Waals surface area contributed by atoms with Crippen LogP contribution in [0.1, 0.15) is 0 Å². The molecule has 5 aromatic carbocycles. The third kappa shape index (κ3) is 1.93. The Morgan fingerprint density at radius 2 is 0.885 bits per heavy atom. The fraction of sp³-hybridized carbons (Fsp3) is 0.0833. The molecule has 0 radical (unpaired) electrons. The summed E-state index contributed by atoms with van der Waals surface area (Å²) in [5, 5.41) is 9.10. The molecule has 5 rings (SSSR count). The molecular formula is C24H18O2. The van der Waals surface area contributed by atoms with Crippen molar-refractivity contribution in [1.82, 2.24) is 0 Å². The molecule has 126 valence electrons. The Labute approximate surface area is 151 Å². The summed E-state index contributed by atoms with van der Waals surface area (Å²) in [4.78, 5) is 0. The quantitative estimate of drug-likeness (QED) is 0.277. The first-order chi connectivity index (χ1) is 12.8. The molecule has 0 amide bonds. The van der Waals surface area contributed by atoms with E-state index < -0.39 is 0 Å². The number of methoxy groups -OCH3 is 2. The van der Waals surface area contributed by atoms with E-state index in [9.17, 15) is 0 Å². The number of rotatable bonds is 2. The van der Waals surface area contributed by atoms with Crippen LogP contribution in [0.4, 0.5) is 0 Å². The summed E-state index contributed by atoms with van der Waals surface area (Å²) in [6, 6.07) is 25.4. The average Bonchev–Trinajstić information content (AvgIpc) is 2.71. The van der Waals surface area contributed by atoms with Gasteiger partial charge in [-0.1, -0.05) is 60.7 Å². The molecule has 0 atom stereocenters. The summed E-state index contributed by atoms with van der Waals surface area (Å²) in [6.45, 7) is 0. The van der Waals surface area contributed by atoms with Gasteiger partial charge in [0.15, 0.2) is 0 Å². The lowest BCUT2D eigenvalue weighted by molar-refractivity contribution is 0.418. The van der Waals surface area contributed by atoms with E-state index in [0.29, 0.717) is 0 Å². The maximum absolute atomic E-state index is 5.94. The highest BCUT2D eigenvalue weighted by molar-refractivity contribution is 6.25. The van der Waals surface area contributed by atoms with Crippen molar-refractivity contribution in [3.8, 4) is 11.5 Å². The summed E-state index contributed by atoms with van der Waals surface area (Å²) >= 11 is 0. The first-order valence-corrected chi connectivity index (χ1v) is 8.70. The topological polar surface area (TPSA) is 18.5 Å². The zero-order chi connectivity index (χ0) is 17.7. The summed E-state index contributed by atoms with van der Waals surface area (Å²) in [6.07, 6.45) is 0. The SMILES string of the molecule is COc1c2ccc3ccccc3c2c(OC)c2ccc3ccccc3c12. The maximum Gasteiger partial charge on any atom is 0.135 e. The van der Waals surface area contributed by atoms with Crippen molar-refractivity contribution in [2.45, 2.75) is 0 Å². The average molecular weight is 338 g/mol. The molecule has 26 heavy (non-hydrogen) atoms. The molecule has 0 aliphatic carbocycles. The van der Waals surface area contributed by atoms with Crippen LogP contribution in [0.25, 0.3) is 43.1 Å². The molecule has 0 aromatic heterocycles. The molecule has 0 aliphatic rings. The van der Waals surface area contributed by atoms with Gasteiger partial charge < -0.3 is 9.47 Å². The van der Waals surface area contributed by atoms with Gasteiger partial charge in [-0.2, -0.15) is 0 Å². The molecule has 0 spiro atoms. The molecule has 2 heteroatoms. The molecule has 0 heterocycles. The van der Waals surface area contributed by atoms with Gasteiger partial charge in [0.2, 0.25) is 0 Å². The Hall–Kier alpha value is -3.26. The van der Waals surface area contributed by atoms with Crippen LogP contribution in [0.3, 0.4) is 0 Å². The minimum Gasteiger partial charge on any atom is -0.495 e. The maximum atomic E-state index is 5.94. The highest BCUT2D eigenvalue weighted by atomic mass is 16.5. The standard InChI is InChI=1S/C24H18O2/c1-25-23-19-13-11-16-8-4-6-10-18(16)22(19)24(26-2)20-14-12-15-7-3-5-9-17(15)21(20)23/h3-14H,1-2H3. The smallest absolute Gasteiger partial charge is 0.135 e. The van der Waals surface area contributed by atoms with E-state index in [2.05, 4.69) is 72.8 Å². The number of ether oxygens (including phenoxy) is 2. The van der Waals surface area contributed by atoms with Crippen molar-refractivity contribution in [1.29, 1.82) is 0 Å². The summed E-state index contributed by atoms with van der Waals surface area (Å²) in [5.41, 5.74) is 0. The molecular weight excluding hydrogens is 320 g/mol. The van der Waals surface area contributed by atoms with Crippen LogP contribution >= 0.6 is 0 Å². The molecule has 0 bridgehead atoms. The molecule has 0 unspecified atom stereocenters. The Kier molecular flexibility index (Phi) is 3.26. The second-order valence-electron chi connectivity index (χ2n) is 6.49. The first-order valence-electron chi connectivity index (χ1n) is 8.70. The lowest BCUT2D eigenvalue weighted by Gasteiger charge is -2.18. The van der Waals surface area contributed by atoms with Crippen LogP contribution in [0.15, 0.2) is 72.8 Å². The first kappa shape index (κ1) is 15.0. The predicted octanol–water partition coefficient (Wildman–Crippen LogP) is 6.32. The predicted molar refractivity (Wildman–Crippen MR) is 110 cm³/mol. The molecule has 0 aliphatic heterocycles. The normalized spacial score (nSPS) is 11.5. The number of hydrogen-bond donors (Lipinski definition) is 0. The molecule has 5 aromatic rings. The Balaban J connectivity index is 2.15. The van der Waals surface area contributed by atoms with E-state index in [4.69, 9.17) is 9.47 Å². The van der Waals surface area contributed by atoms with Crippen LogP contribution in [-0.4, -0.2) is 14.2 Å². The second kappa shape index (κ2) is 5.63. The largest absolute Gasteiger partial charge is 0.495 e. The molecule has 2 nitrogen and oxygen atoms in total. The van der Waals surface area contributed by atoms with Gasteiger partial charge in [-0.15, -0.1) is 0 Å². The lowest BCUT2D eigenvalue weighted by atomic mass is 9.93. The van der Waals surface area contributed by atoms with Crippen LogP contribution in [-0.2, 0) is 0 Å². The van der Waals surface area contributed by atoms with Gasteiger partial charge in [-0.25, -0.2) is 0 Å². The minimum atomic E-state index is 0.901. The van der Waals surface area contributed by atoms with Crippen LogP contribution in [0, 0.1) is 0 Å². The van der Waals surface area contributed by atoms with Gasteiger partial charge in [0.1, 0.15) is 11.5 Å². The van der Waals surface area contributed by atoms with Gasteiger partial charge >= 0.3 is 0 Å². The molecule has 0 saturated carbocycles. The van der Waals surface area contributed by atoms with Crippen molar-refractivity contribution < 1.29 is 9.47 Å². The zero-order valence-corrected chi connectivity index (χ0v) is 14.7. The van der Waals surface area contributed by atoms with Crippen molar-refractivity contribution in [2.75, 3.05) is 14.2 Å². The molecule has 0 saturated heterocycles. The highest BCUT2D eigenvalue weighted by Gasteiger charge is 2.18. The molecule has 0 fully saturated rings. The summed E-state index contributed by atoms with van der Waals surface area (Å²) in [7, 11) is 3.50. The fourth-order valence-electron chi connectivity index (χ4n) is 4.10. The number of benzene rings is 5. The summed E-state index contributed by atoms with van der Waals surface area (Å²) < 4.78 is 11.9. The number of hydrogen-bond acceptors (Lipinski definition) is 2. The second-order valence-corrected chi connectivity index (χ2v) is 6.49. The highest BCUT2D eigenvalue weighted by Crippen LogP contribution is 2.47. The van der Waals surface area contributed by atoms with Gasteiger partial charge in [0.05, 0.1) is 14.2 Å². The van der Waals surface area contributed by atoms with Crippen molar-refractivity contribution in [2.24, 2.45) is 0 Å². The van der Waals surface area contributed by atoms with Crippen molar-refractivity contribution >= 4 is 43.1 Å². The van der Waals surface area contributed by atoms with E-state index in [-0.39, 0.29) is 0 Å². The fourth-order valence-corrected chi connectivity index (χ4v) is 4.10. The molecule has 0 N–H and O–H groups in total. The monoisotopic (exact) mass is 338 g/mol. The van der Waals surface area contributed by atoms with E-state index in [1.807, 2.05) is 0 Å². The zero-order valence-electron chi connectivity index (χ0n) is 14.7. The van der Waals surface area contributed by atoms with Crippen LogP contribution < -0.4 is 9.47 Å². The van der Waals surface area contributed by atoms with Gasteiger partial charge in [-0.05, 0) is 33.7 Å². The Morgan fingerprint density at radius 1 is 0.462 bits per heavy atom. The minimum absolute atomic E-state index is 0.901. The summed E-state index contributed by atoms with van der Waals surface area (Å²) in [5.74, 6) is 1.80. The van der Waals surface area contributed by atoms with Gasteiger partial charge in [-0.3, -0.25) is 0 Å². The van der Waals surface area contributed by atoms with E-state index in [1.54, 1.807) is 14.2 Å². The van der Waals surface area contributed by atoms with Crippen LogP contribution in [0.5, 0.6) is 11.5 Å². The third-order valence-corrected chi connectivity index (χ3v) is 5.21. The van der Waals surface area contributed by atoms with Crippen molar-refractivity contribution in [3.05, 3.63) is 72.8 Å². The Morgan fingerprint density at radius 3 is 1.31 bits per heavy atom. The van der Waals surface area contributed by atoms with Gasteiger partial charge in [0.25, 0.3) is 0 Å². The van der Waals surface area contributed by atoms with Gasteiger partial charge in [0, 0.05) is 21.5 Å². The Bertz CT molecular complexity index is 1200.